The van der Waals surface area contributed by atoms with Gasteiger partial charge < -0.3 is 19.7 Å². The molecule has 1 heterocycles. The van der Waals surface area contributed by atoms with E-state index in [1.54, 1.807) is 0 Å². The van der Waals surface area contributed by atoms with Crippen LogP contribution < -0.4 is 0 Å². The van der Waals surface area contributed by atoms with Gasteiger partial charge in [-0.05, 0) is 12.1 Å². The number of ether oxygens (including phenoxy) is 2. The molecule has 1 saturated heterocycles. The van der Waals surface area contributed by atoms with Gasteiger partial charge in [-0.3, -0.25) is 10.1 Å². The molecule has 1 aromatic rings. The predicted molar refractivity (Wildman–Crippen MR) is 67.6 cm³/mol. The Morgan fingerprint density at radius 3 is 2.35 bits per heavy atom. The average Bonchev–Trinajstić information content (AvgIpc) is 2.85. The predicted octanol–water partition coefficient (Wildman–Crippen LogP) is 1.21. The number of hydrogen-bond donors (Lipinski definition) is 2. The number of carboxylic acids is 1. The number of aliphatic hydroxyl groups is 1. The fraction of sp³-hybridized carbons (Fsp3) is 0.364. The molecule has 8 nitrogen and oxygen atoms in total. The average molecular weight is 306 g/mol. The molecule has 1 aliphatic rings. The molecule has 0 amide bonds. The Morgan fingerprint density at radius 1 is 1.45 bits per heavy atom. The fourth-order valence-corrected chi connectivity index (χ4v) is 1.44. The number of rotatable bonds is 3. The number of nitro groups is 1. The first-order valence-electron chi connectivity index (χ1n) is 5.43. The Bertz CT molecular complexity index is 431. The van der Waals surface area contributed by atoms with Crippen LogP contribution in [0.3, 0.4) is 0 Å². The number of non-ortho nitro benzene ring substituents is 1. The Balaban J connectivity index is 0.000000217. The molecular weight excluding hydrogens is 294 g/mol. The highest BCUT2D eigenvalue weighted by Gasteiger charge is 2.22. The molecule has 1 aromatic carbocycles. The summed E-state index contributed by atoms with van der Waals surface area (Å²) in [7, 11) is 0. The van der Waals surface area contributed by atoms with Gasteiger partial charge in [0.15, 0.2) is 11.9 Å². The molecule has 20 heavy (non-hydrogen) atoms. The lowest BCUT2D eigenvalue weighted by molar-refractivity contribution is -0.384. The summed E-state index contributed by atoms with van der Waals surface area (Å²) in [5.41, 5.74) is -0.451. The van der Waals surface area contributed by atoms with E-state index in [0.29, 0.717) is 6.61 Å². The Morgan fingerprint density at radius 2 is 2.05 bits per heavy atom. The zero-order valence-corrected chi connectivity index (χ0v) is 10.9. The van der Waals surface area contributed by atoms with E-state index < -0.39 is 17.2 Å². The molecule has 1 fully saturated rings. The van der Waals surface area contributed by atoms with Crippen LogP contribution in [0.25, 0.3) is 0 Å². The van der Waals surface area contributed by atoms with E-state index in [9.17, 15) is 14.9 Å². The van der Waals surface area contributed by atoms with Crippen molar-refractivity contribution in [1.29, 1.82) is 0 Å². The summed E-state index contributed by atoms with van der Waals surface area (Å²) in [6.07, 6.45) is -0.502. The van der Waals surface area contributed by atoms with Crippen LogP contribution in [0.15, 0.2) is 24.3 Å². The quantitative estimate of drug-likeness (QED) is 0.489. The number of carbonyl (C=O) groups is 1. The Hall–Kier alpha value is -1.74. The van der Waals surface area contributed by atoms with Gasteiger partial charge in [-0.15, -0.1) is 0 Å². The van der Waals surface area contributed by atoms with Gasteiger partial charge in [-0.25, -0.2) is 4.79 Å². The van der Waals surface area contributed by atoms with E-state index in [-0.39, 0.29) is 23.4 Å². The molecule has 2 atom stereocenters. The first-order chi connectivity index (χ1) is 9.43. The second-order valence-electron chi connectivity index (χ2n) is 3.60. The number of alkyl halides is 1. The lowest BCUT2D eigenvalue weighted by atomic mass is 10.2. The third-order valence-corrected chi connectivity index (χ3v) is 2.42. The van der Waals surface area contributed by atoms with E-state index in [4.69, 9.17) is 31.3 Å². The third-order valence-electron chi connectivity index (χ3n) is 2.19. The van der Waals surface area contributed by atoms with E-state index in [1.165, 1.54) is 12.1 Å². The van der Waals surface area contributed by atoms with Gasteiger partial charge in [-0.1, -0.05) is 11.6 Å². The normalized spacial score (nSPS) is 20.9. The number of benzene rings is 1. The monoisotopic (exact) mass is 305 g/mol. The second-order valence-corrected chi connectivity index (χ2v) is 4.09. The first kappa shape index (κ1) is 16.3. The number of hydrogen-bond acceptors (Lipinski definition) is 6. The van der Waals surface area contributed by atoms with E-state index in [0.717, 1.165) is 12.1 Å². The lowest BCUT2D eigenvalue weighted by Gasteiger charge is -2.01. The summed E-state index contributed by atoms with van der Waals surface area (Å²) < 4.78 is 9.61. The molecule has 0 aromatic heterocycles. The van der Waals surface area contributed by atoms with E-state index >= 15 is 0 Å². The van der Waals surface area contributed by atoms with Crippen LogP contribution in [-0.4, -0.2) is 46.2 Å². The topological polar surface area (TPSA) is 119 Å². The highest BCUT2D eigenvalue weighted by atomic mass is 35.5. The minimum absolute atomic E-state index is 0.0422. The van der Waals surface area contributed by atoms with Crippen molar-refractivity contribution in [1.82, 2.24) is 0 Å². The minimum Gasteiger partial charge on any atom is -0.478 e. The Kier molecular flexibility index (Phi) is 6.32. The van der Waals surface area contributed by atoms with Crippen molar-refractivity contribution in [2.75, 3.05) is 13.2 Å². The Labute approximate surface area is 118 Å². The summed E-state index contributed by atoms with van der Waals surface area (Å²) in [5, 5.41) is 27.0. The zero-order valence-electron chi connectivity index (χ0n) is 10.1. The summed E-state index contributed by atoms with van der Waals surface area (Å²) in [6, 6.07) is 4.70. The van der Waals surface area contributed by atoms with Crippen molar-refractivity contribution < 1.29 is 29.4 Å². The van der Waals surface area contributed by atoms with Gasteiger partial charge in [0.25, 0.3) is 5.69 Å². The van der Waals surface area contributed by atoms with Gasteiger partial charge in [0.05, 0.1) is 23.7 Å². The van der Waals surface area contributed by atoms with Crippen LogP contribution in [0.2, 0.25) is 0 Å². The molecule has 1 aliphatic heterocycles. The van der Waals surface area contributed by atoms with Gasteiger partial charge in [0.2, 0.25) is 0 Å². The minimum atomic E-state index is -1.09. The first-order valence-corrected chi connectivity index (χ1v) is 5.87. The van der Waals surface area contributed by atoms with E-state index in [2.05, 4.69) is 0 Å². The third kappa shape index (κ3) is 5.10. The van der Waals surface area contributed by atoms with Gasteiger partial charge in [0, 0.05) is 12.1 Å². The van der Waals surface area contributed by atoms with Crippen molar-refractivity contribution in [3.05, 3.63) is 39.9 Å². The number of carboxylic acid groups (broad SMARTS) is 1. The van der Waals surface area contributed by atoms with Crippen molar-refractivity contribution in [2.45, 2.75) is 11.9 Å². The molecule has 0 bridgehead atoms. The molecule has 0 unspecified atom stereocenters. The van der Waals surface area contributed by atoms with Crippen molar-refractivity contribution in [2.24, 2.45) is 0 Å². The van der Waals surface area contributed by atoms with Gasteiger partial charge in [0.1, 0.15) is 0 Å². The molecule has 0 saturated carbocycles. The van der Waals surface area contributed by atoms with Crippen LogP contribution in [0, 0.1) is 10.1 Å². The number of nitro benzene ring substituents is 1. The molecule has 0 radical (unpaired) electrons. The lowest BCUT2D eigenvalue weighted by Crippen LogP contribution is -2.12. The number of halogens is 1. The second kappa shape index (κ2) is 7.75. The summed E-state index contributed by atoms with van der Waals surface area (Å²) in [5.74, 6) is -1.09. The van der Waals surface area contributed by atoms with Crippen LogP contribution >= 0.6 is 11.6 Å². The van der Waals surface area contributed by atoms with Gasteiger partial charge >= 0.3 is 5.97 Å². The molecule has 0 spiro atoms. The van der Waals surface area contributed by atoms with Crippen LogP contribution in [0.5, 0.6) is 0 Å². The maximum absolute atomic E-state index is 10.3. The highest BCUT2D eigenvalue weighted by molar-refractivity contribution is 6.19. The van der Waals surface area contributed by atoms with Crippen LogP contribution in [-0.2, 0) is 9.47 Å². The van der Waals surface area contributed by atoms with Crippen molar-refractivity contribution in [3.63, 3.8) is 0 Å². The molecule has 2 N–H and O–H groups in total. The number of aromatic carboxylic acids is 1. The van der Waals surface area contributed by atoms with Crippen molar-refractivity contribution in [3.8, 4) is 0 Å². The molecule has 110 valence electrons. The fourth-order valence-electron chi connectivity index (χ4n) is 1.25. The van der Waals surface area contributed by atoms with Crippen LogP contribution in [0.4, 0.5) is 5.69 Å². The summed E-state index contributed by atoms with van der Waals surface area (Å²) in [6.45, 7) is 0.246. The van der Waals surface area contributed by atoms with Gasteiger partial charge in [-0.2, -0.15) is 0 Å². The smallest absolute Gasteiger partial charge is 0.335 e. The molecular formula is C11H12ClNO7. The standard InChI is InChI=1S/C7H5NO4.C4H7ClO3/c9-7(10)5-1-3-6(4-2-5)8(11)12;5-3-2-7-4(1-6)8-3/h1-4H,(H,9,10);3-4,6H,1-2H2/t;3-,4-/m.1/s1. The molecule has 0 aliphatic carbocycles. The van der Waals surface area contributed by atoms with Crippen LogP contribution in [0.1, 0.15) is 10.4 Å². The maximum atomic E-state index is 10.3. The van der Waals surface area contributed by atoms with E-state index in [1.807, 2.05) is 0 Å². The summed E-state index contributed by atoms with van der Waals surface area (Å²) in [4.78, 5) is 19.9. The summed E-state index contributed by atoms with van der Waals surface area (Å²) >= 11 is 5.43. The highest BCUT2D eigenvalue weighted by Crippen LogP contribution is 2.13. The maximum Gasteiger partial charge on any atom is 0.335 e. The largest absolute Gasteiger partial charge is 0.478 e. The number of nitrogens with zero attached hydrogens (tertiary/aromatic N) is 1. The molecule has 9 heteroatoms. The zero-order chi connectivity index (χ0) is 15.1. The number of aliphatic hydroxyl groups excluding tert-OH is 1. The SMILES string of the molecule is O=C(O)c1ccc([N+](=O)[O-])cc1.OC[C@@H]1OC[C@H](Cl)O1. The molecule has 2 rings (SSSR count). The van der Waals surface area contributed by atoms with Crippen molar-refractivity contribution >= 4 is 23.3 Å².